The zero-order valence-electron chi connectivity index (χ0n) is 8.93. The fourth-order valence-electron chi connectivity index (χ4n) is 2.61. The lowest BCUT2D eigenvalue weighted by atomic mass is 9.69. The molecule has 3 rings (SSSR count). The number of benzene rings is 1. The van der Waals surface area contributed by atoms with E-state index in [1.165, 1.54) is 5.56 Å². The number of urea groups is 1. The third kappa shape index (κ3) is 1.23. The highest BCUT2D eigenvalue weighted by molar-refractivity contribution is 5.73. The van der Waals surface area contributed by atoms with Crippen molar-refractivity contribution >= 4 is 6.03 Å². The molecule has 2 fully saturated rings. The molecule has 0 saturated carbocycles. The molecule has 4 heteroatoms. The van der Waals surface area contributed by atoms with Gasteiger partial charge >= 0.3 is 6.03 Å². The number of rotatable bonds is 1. The molecule has 2 aliphatic rings. The van der Waals surface area contributed by atoms with Gasteiger partial charge in [-0.15, -0.1) is 0 Å². The Morgan fingerprint density at radius 1 is 1.38 bits per heavy atom. The van der Waals surface area contributed by atoms with Gasteiger partial charge in [-0.2, -0.15) is 0 Å². The van der Waals surface area contributed by atoms with E-state index in [1.807, 2.05) is 18.2 Å². The van der Waals surface area contributed by atoms with Crippen LogP contribution in [0.25, 0.3) is 0 Å². The third-order valence-electron chi connectivity index (χ3n) is 3.52. The van der Waals surface area contributed by atoms with Crippen molar-refractivity contribution in [2.75, 3.05) is 19.7 Å². The fraction of sp³-hybridized carbons (Fsp3) is 0.417. The predicted octanol–water partition coefficient (Wildman–Crippen LogP) is 1.14. The van der Waals surface area contributed by atoms with Gasteiger partial charge in [-0.1, -0.05) is 30.3 Å². The number of hydrogen-bond acceptors (Lipinski definition) is 2. The first kappa shape index (κ1) is 9.66. The number of nitrogens with zero attached hydrogens (tertiary/aromatic N) is 1. The molecular formula is C12H14N2O2. The summed E-state index contributed by atoms with van der Waals surface area (Å²) in [6.07, 6.45) is 0.129. The number of primary amides is 1. The molecule has 1 aromatic carbocycles. The zero-order valence-corrected chi connectivity index (χ0v) is 8.93. The highest BCUT2D eigenvalue weighted by Gasteiger charge is 2.57. The van der Waals surface area contributed by atoms with Crippen LogP contribution < -0.4 is 5.73 Å². The van der Waals surface area contributed by atoms with E-state index in [2.05, 4.69) is 12.1 Å². The van der Waals surface area contributed by atoms with Crippen LogP contribution >= 0.6 is 0 Å². The minimum absolute atomic E-state index is 0.121. The van der Waals surface area contributed by atoms with Gasteiger partial charge in [-0.3, -0.25) is 0 Å². The zero-order chi connectivity index (χ0) is 11.2. The Labute approximate surface area is 94.0 Å². The van der Waals surface area contributed by atoms with Crippen molar-refractivity contribution < 1.29 is 9.53 Å². The predicted molar refractivity (Wildman–Crippen MR) is 58.7 cm³/mol. The summed E-state index contributed by atoms with van der Waals surface area (Å²) in [5.74, 6) is 0. The minimum atomic E-state index is -0.329. The van der Waals surface area contributed by atoms with Gasteiger partial charge in [-0.05, 0) is 5.56 Å². The molecule has 0 bridgehead atoms. The number of carbonyl (C=O) groups excluding carboxylic acids is 1. The Hall–Kier alpha value is -1.55. The van der Waals surface area contributed by atoms with Gasteiger partial charge in [0.25, 0.3) is 0 Å². The second-order valence-electron chi connectivity index (χ2n) is 4.66. The summed E-state index contributed by atoms with van der Waals surface area (Å²) in [5, 5.41) is 0. The molecule has 1 aromatic rings. The van der Waals surface area contributed by atoms with Gasteiger partial charge in [-0.25, -0.2) is 4.79 Å². The number of likely N-dealkylation sites (tertiary alicyclic amines) is 1. The van der Waals surface area contributed by atoms with Crippen molar-refractivity contribution in [3.8, 4) is 0 Å². The van der Waals surface area contributed by atoms with E-state index in [9.17, 15) is 4.79 Å². The van der Waals surface area contributed by atoms with Crippen LogP contribution in [0.3, 0.4) is 0 Å². The molecule has 4 nitrogen and oxygen atoms in total. The van der Waals surface area contributed by atoms with E-state index in [0.717, 1.165) is 19.7 Å². The summed E-state index contributed by atoms with van der Waals surface area (Å²) in [5.41, 5.74) is 6.54. The summed E-state index contributed by atoms with van der Waals surface area (Å²) < 4.78 is 5.62. The van der Waals surface area contributed by atoms with Gasteiger partial charge < -0.3 is 15.4 Å². The smallest absolute Gasteiger partial charge is 0.314 e. The lowest BCUT2D eigenvalue weighted by molar-refractivity contribution is -0.240. The second-order valence-corrected chi connectivity index (χ2v) is 4.66. The molecule has 84 valence electrons. The van der Waals surface area contributed by atoms with Crippen LogP contribution in [-0.4, -0.2) is 30.6 Å². The first-order chi connectivity index (χ1) is 7.71. The molecule has 0 aliphatic carbocycles. The van der Waals surface area contributed by atoms with E-state index in [1.54, 1.807) is 4.90 Å². The van der Waals surface area contributed by atoms with E-state index in [-0.39, 0.29) is 17.6 Å². The molecule has 1 atom stereocenters. The number of hydrogen-bond donors (Lipinski definition) is 1. The van der Waals surface area contributed by atoms with Crippen molar-refractivity contribution in [1.82, 2.24) is 4.90 Å². The van der Waals surface area contributed by atoms with Crippen LogP contribution in [0.4, 0.5) is 4.79 Å². The standard InChI is InChI=1S/C12H14N2O2/c13-11(15)14-6-12(7-14)8-16-10(12)9-4-2-1-3-5-9/h1-5,10H,6-8H2,(H2,13,15). The average molecular weight is 218 g/mol. The Kier molecular flexibility index (Phi) is 1.94. The lowest BCUT2D eigenvalue weighted by Gasteiger charge is -2.59. The van der Waals surface area contributed by atoms with Crippen LogP contribution in [-0.2, 0) is 4.74 Å². The van der Waals surface area contributed by atoms with Crippen molar-refractivity contribution in [3.05, 3.63) is 35.9 Å². The van der Waals surface area contributed by atoms with Crippen LogP contribution in [0.15, 0.2) is 30.3 Å². The minimum Gasteiger partial charge on any atom is -0.372 e. The number of carbonyl (C=O) groups is 1. The molecule has 16 heavy (non-hydrogen) atoms. The van der Waals surface area contributed by atoms with Gasteiger partial charge in [0, 0.05) is 13.1 Å². The SMILES string of the molecule is NC(=O)N1CC2(COC2c2ccccc2)C1. The first-order valence-corrected chi connectivity index (χ1v) is 5.42. The lowest BCUT2D eigenvalue weighted by Crippen LogP contribution is -2.69. The molecule has 2 aliphatic heterocycles. The maximum absolute atomic E-state index is 11.0. The van der Waals surface area contributed by atoms with Crippen LogP contribution in [0.5, 0.6) is 0 Å². The number of nitrogens with two attached hydrogens (primary N) is 1. The number of ether oxygens (including phenoxy) is 1. The third-order valence-corrected chi connectivity index (χ3v) is 3.52. The molecule has 0 radical (unpaired) electrons. The summed E-state index contributed by atoms with van der Waals surface area (Å²) in [7, 11) is 0. The quantitative estimate of drug-likeness (QED) is 0.768. The van der Waals surface area contributed by atoms with Gasteiger partial charge in [0.2, 0.25) is 0 Å². The van der Waals surface area contributed by atoms with Crippen LogP contribution in [0, 0.1) is 5.41 Å². The topological polar surface area (TPSA) is 55.6 Å². The molecule has 2 heterocycles. The molecule has 0 aromatic heterocycles. The molecule has 2 N–H and O–H groups in total. The Morgan fingerprint density at radius 2 is 2.06 bits per heavy atom. The fourth-order valence-corrected chi connectivity index (χ4v) is 2.61. The molecule has 2 saturated heterocycles. The molecule has 1 unspecified atom stereocenters. The van der Waals surface area contributed by atoms with Crippen LogP contribution in [0.1, 0.15) is 11.7 Å². The largest absolute Gasteiger partial charge is 0.372 e. The maximum atomic E-state index is 11.0. The maximum Gasteiger partial charge on any atom is 0.314 e. The summed E-state index contributed by atoms with van der Waals surface area (Å²) >= 11 is 0. The molecule has 1 spiro atoms. The Bertz CT molecular complexity index is 412. The van der Waals surface area contributed by atoms with Crippen molar-refractivity contribution in [2.24, 2.45) is 11.1 Å². The molecule has 2 amide bonds. The molecular weight excluding hydrogens is 204 g/mol. The summed E-state index contributed by atoms with van der Waals surface area (Å²) in [6, 6.07) is 9.82. The second kappa shape index (κ2) is 3.22. The highest BCUT2D eigenvalue weighted by Crippen LogP contribution is 2.52. The van der Waals surface area contributed by atoms with Gasteiger partial charge in [0.15, 0.2) is 0 Å². The van der Waals surface area contributed by atoms with Crippen LogP contribution in [0.2, 0.25) is 0 Å². The summed E-state index contributed by atoms with van der Waals surface area (Å²) in [4.78, 5) is 12.6. The normalized spacial score (nSPS) is 26.0. The Morgan fingerprint density at radius 3 is 2.56 bits per heavy atom. The first-order valence-electron chi connectivity index (χ1n) is 5.42. The van der Waals surface area contributed by atoms with Crippen molar-refractivity contribution in [2.45, 2.75) is 6.10 Å². The van der Waals surface area contributed by atoms with E-state index >= 15 is 0 Å². The van der Waals surface area contributed by atoms with Crippen molar-refractivity contribution in [1.29, 1.82) is 0 Å². The van der Waals surface area contributed by atoms with E-state index < -0.39 is 0 Å². The van der Waals surface area contributed by atoms with Gasteiger partial charge in [0.05, 0.1) is 18.1 Å². The highest BCUT2D eigenvalue weighted by atomic mass is 16.5. The van der Waals surface area contributed by atoms with Gasteiger partial charge in [0.1, 0.15) is 0 Å². The van der Waals surface area contributed by atoms with E-state index in [0.29, 0.717) is 0 Å². The van der Waals surface area contributed by atoms with E-state index in [4.69, 9.17) is 10.5 Å². The number of amides is 2. The van der Waals surface area contributed by atoms with Crippen molar-refractivity contribution in [3.63, 3.8) is 0 Å². The monoisotopic (exact) mass is 218 g/mol. The summed E-state index contributed by atoms with van der Waals surface area (Å²) in [6.45, 7) is 2.18. The Balaban J connectivity index is 1.74. The average Bonchev–Trinajstić information content (AvgIpc) is 2.15.